The lowest BCUT2D eigenvalue weighted by atomic mass is 9.84. The van der Waals surface area contributed by atoms with Crippen molar-refractivity contribution in [2.75, 3.05) is 33.3 Å². The summed E-state index contributed by atoms with van der Waals surface area (Å²) in [5.41, 5.74) is 0.293. The molecule has 3 nitrogen and oxygen atoms in total. The Balaban J connectivity index is 3.87. The van der Waals surface area contributed by atoms with E-state index in [-0.39, 0.29) is 0 Å². The van der Waals surface area contributed by atoms with Gasteiger partial charge in [-0.05, 0) is 51.7 Å². The van der Waals surface area contributed by atoms with Crippen LogP contribution >= 0.6 is 0 Å². The molecular formula is C14H32N2O. The largest absolute Gasteiger partial charge is 0.396 e. The van der Waals surface area contributed by atoms with Gasteiger partial charge in [0, 0.05) is 19.2 Å². The first-order valence-electron chi connectivity index (χ1n) is 6.96. The first kappa shape index (κ1) is 16.9. The van der Waals surface area contributed by atoms with Crippen molar-refractivity contribution < 1.29 is 5.11 Å². The van der Waals surface area contributed by atoms with Crippen LogP contribution in [0.1, 0.15) is 47.0 Å². The molecule has 17 heavy (non-hydrogen) atoms. The number of aliphatic hydroxyl groups is 1. The Morgan fingerprint density at radius 1 is 1.24 bits per heavy atom. The number of nitrogens with zero attached hydrogens (tertiary/aromatic N) is 1. The zero-order chi connectivity index (χ0) is 13.3. The highest BCUT2D eigenvalue weighted by Gasteiger charge is 2.26. The highest BCUT2D eigenvalue weighted by molar-refractivity contribution is 4.82. The van der Waals surface area contributed by atoms with Crippen molar-refractivity contribution in [3.63, 3.8) is 0 Å². The van der Waals surface area contributed by atoms with Crippen LogP contribution in [-0.2, 0) is 0 Å². The van der Waals surface area contributed by atoms with E-state index in [9.17, 15) is 0 Å². The van der Waals surface area contributed by atoms with E-state index in [0.29, 0.717) is 18.1 Å². The van der Waals surface area contributed by atoms with Crippen molar-refractivity contribution in [1.29, 1.82) is 0 Å². The summed E-state index contributed by atoms with van der Waals surface area (Å²) in [6.45, 7) is 12.7. The Hall–Kier alpha value is -0.120. The number of aliphatic hydroxyl groups excluding tert-OH is 1. The van der Waals surface area contributed by atoms with Crippen molar-refractivity contribution in [2.45, 2.75) is 53.0 Å². The summed E-state index contributed by atoms with van der Waals surface area (Å²) in [7, 11) is 2.19. The molecule has 0 amide bonds. The van der Waals surface area contributed by atoms with Gasteiger partial charge in [-0.2, -0.15) is 0 Å². The molecule has 0 rings (SSSR count). The lowest BCUT2D eigenvalue weighted by Gasteiger charge is -2.36. The Labute approximate surface area is 108 Å². The molecular weight excluding hydrogens is 212 g/mol. The van der Waals surface area contributed by atoms with E-state index < -0.39 is 0 Å². The van der Waals surface area contributed by atoms with Gasteiger partial charge in [-0.3, -0.25) is 0 Å². The topological polar surface area (TPSA) is 35.5 Å². The first-order valence-corrected chi connectivity index (χ1v) is 6.96. The van der Waals surface area contributed by atoms with Crippen molar-refractivity contribution in [3.8, 4) is 0 Å². The fraction of sp³-hybridized carbons (Fsp3) is 1.00. The molecule has 0 saturated heterocycles. The highest BCUT2D eigenvalue weighted by atomic mass is 16.2. The van der Waals surface area contributed by atoms with Gasteiger partial charge in [0.1, 0.15) is 0 Å². The van der Waals surface area contributed by atoms with E-state index in [2.05, 4.69) is 45.0 Å². The number of hydrogen-bond donors (Lipinski definition) is 2. The second kappa shape index (κ2) is 8.90. The van der Waals surface area contributed by atoms with Gasteiger partial charge >= 0.3 is 0 Å². The molecule has 2 N–H and O–H groups in total. The third-order valence-electron chi connectivity index (χ3n) is 3.56. The number of nitrogens with one attached hydrogen (secondary N) is 1. The maximum Gasteiger partial charge on any atom is 0.0431 e. The van der Waals surface area contributed by atoms with Crippen molar-refractivity contribution in [1.82, 2.24) is 10.2 Å². The van der Waals surface area contributed by atoms with E-state index in [4.69, 9.17) is 5.11 Å². The lowest BCUT2D eigenvalue weighted by Crippen LogP contribution is -2.46. The molecule has 0 aromatic carbocycles. The average molecular weight is 244 g/mol. The molecule has 0 bridgehead atoms. The van der Waals surface area contributed by atoms with Crippen LogP contribution in [0, 0.1) is 5.41 Å². The summed E-state index contributed by atoms with van der Waals surface area (Å²) in [6, 6.07) is 0.535. The van der Waals surface area contributed by atoms with Crippen LogP contribution in [-0.4, -0.2) is 49.3 Å². The molecule has 0 fully saturated rings. The van der Waals surface area contributed by atoms with Gasteiger partial charge in [-0.25, -0.2) is 0 Å². The molecule has 0 saturated carbocycles. The van der Waals surface area contributed by atoms with Gasteiger partial charge in [0.05, 0.1) is 0 Å². The van der Waals surface area contributed by atoms with E-state index in [1.165, 1.54) is 6.42 Å². The number of rotatable bonds is 10. The van der Waals surface area contributed by atoms with Gasteiger partial charge in [-0.1, -0.05) is 20.8 Å². The monoisotopic (exact) mass is 244 g/mol. The zero-order valence-corrected chi connectivity index (χ0v) is 12.4. The van der Waals surface area contributed by atoms with E-state index in [1.54, 1.807) is 0 Å². The molecule has 1 atom stereocenters. The SMILES string of the molecule is CCNC(C)C(C)(C)CN(C)CCCCCO. The van der Waals surface area contributed by atoms with Crippen LogP contribution in [0.5, 0.6) is 0 Å². The summed E-state index contributed by atoms with van der Waals surface area (Å²) < 4.78 is 0. The second-order valence-corrected chi connectivity index (χ2v) is 5.79. The third kappa shape index (κ3) is 7.74. The molecule has 0 aliphatic carbocycles. The van der Waals surface area contributed by atoms with E-state index >= 15 is 0 Å². The van der Waals surface area contributed by atoms with Crippen molar-refractivity contribution in [3.05, 3.63) is 0 Å². The normalized spacial score (nSPS) is 14.3. The van der Waals surface area contributed by atoms with Crippen LogP contribution in [0.2, 0.25) is 0 Å². The van der Waals surface area contributed by atoms with Gasteiger partial charge in [0.2, 0.25) is 0 Å². The van der Waals surface area contributed by atoms with E-state index in [0.717, 1.165) is 32.5 Å². The summed E-state index contributed by atoms with van der Waals surface area (Å²) in [5, 5.41) is 12.2. The summed E-state index contributed by atoms with van der Waals surface area (Å²) >= 11 is 0. The Morgan fingerprint density at radius 3 is 2.41 bits per heavy atom. The van der Waals surface area contributed by atoms with Crippen LogP contribution in [0.15, 0.2) is 0 Å². The van der Waals surface area contributed by atoms with Crippen molar-refractivity contribution >= 4 is 0 Å². The predicted molar refractivity (Wildman–Crippen MR) is 75.4 cm³/mol. The average Bonchev–Trinajstić information content (AvgIpc) is 2.24. The van der Waals surface area contributed by atoms with Crippen molar-refractivity contribution in [2.24, 2.45) is 5.41 Å². The lowest BCUT2D eigenvalue weighted by molar-refractivity contribution is 0.163. The number of hydrogen-bond acceptors (Lipinski definition) is 3. The molecule has 0 radical (unpaired) electrons. The van der Waals surface area contributed by atoms with Gasteiger partial charge in [0.15, 0.2) is 0 Å². The van der Waals surface area contributed by atoms with Gasteiger partial charge in [-0.15, -0.1) is 0 Å². The summed E-state index contributed by atoms with van der Waals surface area (Å²) in [4.78, 5) is 2.41. The number of unbranched alkanes of at least 4 members (excludes halogenated alkanes) is 2. The predicted octanol–water partition coefficient (Wildman–Crippen LogP) is 2.10. The molecule has 104 valence electrons. The minimum Gasteiger partial charge on any atom is -0.396 e. The fourth-order valence-corrected chi connectivity index (χ4v) is 2.16. The smallest absolute Gasteiger partial charge is 0.0431 e. The molecule has 0 spiro atoms. The molecule has 0 aromatic heterocycles. The molecule has 1 unspecified atom stereocenters. The minimum absolute atomic E-state index is 0.293. The van der Waals surface area contributed by atoms with Crippen LogP contribution in [0.4, 0.5) is 0 Å². The Bertz CT molecular complexity index is 183. The third-order valence-corrected chi connectivity index (χ3v) is 3.56. The quantitative estimate of drug-likeness (QED) is 0.578. The molecule has 0 aliphatic rings. The van der Waals surface area contributed by atoms with Gasteiger partial charge < -0.3 is 15.3 Å². The molecule has 3 heteroatoms. The Morgan fingerprint density at radius 2 is 1.88 bits per heavy atom. The Kier molecular flexibility index (Phi) is 8.83. The minimum atomic E-state index is 0.293. The zero-order valence-electron chi connectivity index (χ0n) is 12.4. The molecule has 0 aromatic rings. The van der Waals surface area contributed by atoms with Crippen LogP contribution in [0.25, 0.3) is 0 Å². The summed E-state index contributed by atoms with van der Waals surface area (Å²) in [5.74, 6) is 0. The molecule has 0 heterocycles. The summed E-state index contributed by atoms with van der Waals surface area (Å²) in [6.07, 6.45) is 3.25. The van der Waals surface area contributed by atoms with E-state index in [1.807, 2.05) is 0 Å². The maximum absolute atomic E-state index is 8.73. The van der Waals surface area contributed by atoms with Crippen LogP contribution < -0.4 is 5.32 Å². The first-order chi connectivity index (χ1) is 7.94. The highest BCUT2D eigenvalue weighted by Crippen LogP contribution is 2.21. The second-order valence-electron chi connectivity index (χ2n) is 5.79. The van der Waals surface area contributed by atoms with Crippen LogP contribution in [0.3, 0.4) is 0 Å². The van der Waals surface area contributed by atoms with Gasteiger partial charge in [0.25, 0.3) is 0 Å². The molecule has 0 aliphatic heterocycles. The fourth-order valence-electron chi connectivity index (χ4n) is 2.16. The standard InChI is InChI=1S/C14H32N2O/c1-6-15-13(2)14(3,4)12-16(5)10-8-7-9-11-17/h13,15,17H,6-12H2,1-5H3. The maximum atomic E-state index is 8.73.